The number of nitrogens with zero attached hydrogens (tertiary/aromatic N) is 3. The van der Waals surface area contributed by atoms with Gasteiger partial charge in [-0.3, -0.25) is 9.78 Å². The minimum absolute atomic E-state index is 0.0886. The summed E-state index contributed by atoms with van der Waals surface area (Å²) in [7, 11) is 0. The van der Waals surface area contributed by atoms with E-state index < -0.39 is 0 Å². The number of hydrogen-bond donors (Lipinski definition) is 0. The van der Waals surface area contributed by atoms with Crippen LogP contribution in [0.2, 0.25) is 0 Å². The van der Waals surface area contributed by atoms with Crippen LogP contribution in [0.3, 0.4) is 0 Å². The molecule has 0 radical (unpaired) electrons. The summed E-state index contributed by atoms with van der Waals surface area (Å²) in [6.07, 6.45) is 5.73. The van der Waals surface area contributed by atoms with Gasteiger partial charge in [0.05, 0.1) is 6.10 Å². The van der Waals surface area contributed by atoms with Crippen molar-refractivity contribution in [3.8, 4) is 0 Å². The van der Waals surface area contributed by atoms with Crippen molar-refractivity contribution in [2.75, 3.05) is 39.3 Å². The molecule has 3 fully saturated rings. The van der Waals surface area contributed by atoms with Crippen LogP contribution in [-0.2, 0) is 4.74 Å². The Kier molecular flexibility index (Phi) is 4.31. The van der Waals surface area contributed by atoms with Crippen LogP contribution in [-0.4, -0.2) is 66.1 Å². The number of rotatable bonds is 3. The number of amides is 1. The number of ether oxygens (including phenoxy) is 1. The normalized spacial score (nSPS) is 31.3. The molecule has 3 atom stereocenters. The molecule has 0 aromatic carbocycles. The fourth-order valence-corrected chi connectivity index (χ4v) is 4.30. The molecule has 1 aromatic heterocycles. The summed E-state index contributed by atoms with van der Waals surface area (Å²) >= 11 is 0. The molecule has 0 N–H and O–H groups in total. The predicted octanol–water partition coefficient (Wildman–Crippen LogP) is 1.65. The van der Waals surface area contributed by atoms with Gasteiger partial charge in [0.25, 0.3) is 5.91 Å². The van der Waals surface area contributed by atoms with Crippen molar-refractivity contribution in [1.82, 2.24) is 14.8 Å². The van der Waals surface area contributed by atoms with E-state index in [0.29, 0.717) is 23.6 Å². The van der Waals surface area contributed by atoms with E-state index in [0.717, 1.165) is 39.3 Å². The third-order valence-corrected chi connectivity index (χ3v) is 5.54. The molecule has 5 heteroatoms. The van der Waals surface area contributed by atoms with Crippen LogP contribution in [0, 0.1) is 11.8 Å². The van der Waals surface area contributed by atoms with Gasteiger partial charge < -0.3 is 14.5 Å². The average molecular weight is 315 g/mol. The molecule has 1 unspecified atom stereocenters. The van der Waals surface area contributed by atoms with E-state index in [1.54, 1.807) is 6.20 Å². The van der Waals surface area contributed by atoms with Crippen LogP contribution < -0.4 is 0 Å². The molecule has 0 spiro atoms. The third-order valence-electron chi connectivity index (χ3n) is 5.54. The minimum atomic E-state index is 0.0886. The van der Waals surface area contributed by atoms with E-state index in [1.807, 2.05) is 23.1 Å². The smallest absolute Gasteiger partial charge is 0.272 e. The summed E-state index contributed by atoms with van der Waals surface area (Å²) in [5.74, 6) is 1.35. The molecule has 4 rings (SSSR count). The Bertz CT molecular complexity index is 544. The molecule has 1 aromatic rings. The van der Waals surface area contributed by atoms with Gasteiger partial charge in [-0.05, 0) is 49.8 Å². The second-order valence-corrected chi connectivity index (χ2v) is 7.13. The van der Waals surface area contributed by atoms with E-state index in [2.05, 4.69) is 9.88 Å². The molecule has 1 amide bonds. The van der Waals surface area contributed by atoms with Crippen LogP contribution in [0.5, 0.6) is 0 Å². The summed E-state index contributed by atoms with van der Waals surface area (Å²) in [6.45, 7) is 6.02. The molecule has 4 heterocycles. The van der Waals surface area contributed by atoms with Crippen LogP contribution in [0.4, 0.5) is 0 Å². The first-order valence-electron chi connectivity index (χ1n) is 8.84. The monoisotopic (exact) mass is 315 g/mol. The number of aromatic nitrogens is 1. The Morgan fingerprint density at radius 3 is 2.91 bits per heavy atom. The molecule has 0 bridgehead atoms. The lowest BCUT2D eigenvalue weighted by Gasteiger charge is -2.35. The molecule has 0 aliphatic carbocycles. The number of carbonyl (C=O) groups excluding carboxylic acids is 1. The first-order chi connectivity index (χ1) is 11.3. The maximum absolute atomic E-state index is 12.6. The standard InChI is InChI=1S/C18H25N3O2/c22-18(17-5-1-2-7-19-17)21-11-14-6-8-20(10-15(14)12-21)13-16-4-3-9-23-16/h1-2,5,7,14-16H,3-4,6,8-13H2/t14-,15+,16?/m0/s1. The average Bonchev–Trinajstić information content (AvgIpc) is 3.24. The highest BCUT2D eigenvalue weighted by Crippen LogP contribution is 2.32. The highest BCUT2D eigenvalue weighted by molar-refractivity contribution is 5.92. The first kappa shape index (κ1) is 15.1. The third kappa shape index (κ3) is 3.26. The molecule has 0 saturated carbocycles. The van der Waals surface area contributed by atoms with Crippen molar-refractivity contribution in [3.05, 3.63) is 30.1 Å². The lowest BCUT2D eigenvalue weighted by molar-refractivity contribution is 0.0506. The Hall–Kier alpha value is -1.46. The molecule has 3 aliphatic heterocycles. The van der Waals surface area contributed by atoms with Gasteiger partial charge >= 0.3 is 0 Å². The van der Waals surface area contributed by atoms with E-state index >= 15 is 0 Å². The van der Waals surface area contributed by atoms with E-state index in [4.69, 9.17) is 4.74 Å². The fraction of sp³-hybridized carbons (Fsp3) is 0.667. The Balaban J connectivity index is 1.35. The highest BCUT2D eigenvalue weighted by atomic mass is 16.5. The Labute approximate surface area is 137 Å². The lowest BCUT2D eigenvalue weighted by atomic mass is 9.88. The van der Waals surface area contributed by atoms with Crippen LogP contribution in [0.1, 0.15) is 29.8 Å². The van der Waals surface area contributed by atoms with Gasteiger partial charge in [-0.2, -0.15) is 0 Å². The number of hydrogen-bond acceptors (Lipinski definition) is 4. The van der Waals surface area contributed by atoms with Crippen LogP contribution >= 0.6 is 0 Å². The fourth-order valence-electron chi connectivity index (χ4n) is 4.30. The van der Waals surface area contributed by atoms with Crippen molar-refractivity contribution >= 4 is 5.91 Å². The zero-order valence-electron chi connectivity index (χ0n) is 13.6. The maximum atomic E-state index is 12.6. The number of pyridine rings is 1. The number of carbonyl (C=O) groups is 1. The highest BCUT2D eigenvalue weighted by Gasteiger charge is 2.39. The first-order valence-corrected chi connectivity index (χ1v) is 8.84. The summed E-state index contributed by atoms with van der Waals surface area (Å²) in [5.41, 5.74) is 0.572. The lowest BCUT2D eigenvalue weighted by Crippen LogP contribution is -2.43. The SMILES string of the molecule is O=C(c1ccccn1)N1C[C@H]2CN(CC3CCCO3)CC[C@H]2C1. The zero-order valence-corrected chi connectivity index (χ0v) is 13.6. The summed E-state index contributed by atoms with van der Waals surface area (Å²) in [4.78, 5) is 21.3. The molecular weight excluding hydrogens is 290 g/mol. The molecule has 3 aliphatic rings. The van der Waals surface area contributed by atoms with Gasteiger partial charge in [-0.25, -0.2) is 0 Å². The van der Waals surface area contributed by atoms with Crippen LogP contribution in [0.25, 0.3) is 0 Å². The topological polar surface area (TPSA) is 45.7 Å². The van der Waals surface area contributed by atoms with E-state index in [-0.39, 0.29) is 5.91 Å². The van der Waals surface area contributed by atoms with Gasteiger partial charge in [0.15, 0.2) is 0 Å². The largest absolute Gasteiger partial charge is 0.377 e. The molecule has 3 saturated heterocycles. The summed E-state index contributed by atoms with van der Waals surface area (Å²) < 4.78 is 5.77. The summed E-state index contributed by atoms with van der Waals surface area (Å²) in [6, 6.07) is 5.55. The van der Waals surface area contributed by atoms with Crippen molar-refractivity contribution in [3.63, 3.8) is 0 Å². The Morgan fingerprint density at radius 1 is 1.22 bits per heavy atom. The second kappa shape index (κ2) is 6.57. The second-order valence-electron chi connectivity index (χ2n) is 7.13. The van der Waals surface area contributed by atoms with Crippen molar-refractivity contribution in [1.29, 1.82) is 0 Å². The predicted molar refractivity (Wildman–Crippen MR) is 87.2 cm³/mol. The number of likely N-dealkylation sites (tertiary alicyclic amines) is 2. The molecule has 23 heavy (non-hydrogen) atoms. The van der Waals surface area contributed by atoms with Gasteiger partial charge in [0.1, 0.15) is 5.69 Å². The molecule has 5 nitrogen and oxygen atoms in total. The molecular formula is C18H25N3O2. The van der Waals surface area contributed by atoms with E-state index in [1.165, 1.54) is 19.3 Å². The van der Waals surface area contributed by atoms with Crippen molar-refractivity contribution in [2.24, 2.45) is 11.8 Å². The van der Waals surface area contributed by atoms with Gasteiger partial charge in [-0.1, -0.05) is 6.07 Å². The number of fused-ring (bicyclic) bond motifs is 1. The van der Waals surface area contributed by atoms with Gasteiger partial charge in [0, 0.05) is 39.0 Å². The Morgan fingerprint density at radius 2 is 2.13 bits per heavy atom. The summed E-state index contributed by atoms with van der Waals surface area (Å²) in [5, 5.41) is 0. The number of piperidine rings is 1. The molecule has 124 valence electrons. The van der Waals surface area contributed by atoms with Gasteiger partial charge in [-0.15, -0.1) is 0 Å². The zero-order chi connectivity index (χ0) is 15.6. The van der Waals surface area contributed by atoms with E-state index in [9.17, 15) is 4.79 Å². The van der Waals surface area contributed by atoms with Gasteiger partial charge in [0.2, 0.25) is 0 Å². The minimum Gasteiger partial charge on any atom is -0.377 e. The quantitative estimate of drug-likeness (QED) is 0.851. The van der Waals surface area contributed by atoms with Crippen LogP contribution in [0.15, 0.2) is 24.4 Å². The van der Waals surface area contributed by atoms with Crippen molar-refractivity contribution in [2.45, 2.75) is 25.4 Å². The van der Waals surface area contributed by atoms with Crippen molar-refractivity contribution < 1.29 is 9.53 Å². The maximum Gasteiger partial charge on any atom is 0.272 e.